The number of methoxy groups -OCH3 is 1. The smallest absolute Gasteiger partial charge is 0.167 e. The van der Waals surface area contributed by atoms with Crippen LogP contribution in [0, 0.1) is 5.82 Å². The molecule has 1 fully saturated rings. The predicted molar refractivity (Wildman–Crippen MR) is 70.5 cm³/mol. The Morgan fingerprint density at radius 1 is 1.50 bits per heavy atom. The van der Waals surface area contributed by atoms with Gasteiger partial charge in [0.15, 0.2) is 11.5 Å². The summed E-state index contributed by atoms with van der Waals surface area (Å²) in [6.07, 6.45) is 0. The van der Waals surface area contributed by atoms with Crippen LogP contribution in [0.2, 0.25) is 0 Å². The van der Waals surface area contributed by atoms with Crippen LogP contribution in [0.3, 0.4) is 0 Å². The summed E-state index contributed by atoms with van der Waals surface area (Å²) in [6.45, 7) is 3.93. The zero-order chi connectivity index (χ0) is 13.1. The first-order chi connectivity index (χ1) is 8.63. The molecule has 0 atom stereocenters. The molecule has 100 valence electrons. The number of nitrogens with zero attached hydrogens (tertiary/aromatic N) is 1. The number of nitrogens with one attached hydrogen (secondary N) is 1. The maximum atomic E-state index is 14.1. The lowest BCUT2D eigenvalue weighted by Gasteiger charge is -2.28. The van der Waals surface area contributed by atoms with E-state index in [0.29, 0.717) is 12.1 Å². The average molecular weight is 319 g/mol. The van der Waals surface area contributed by atoms with Crippen molar-refractivity contribution in [2.24, 2.45) is 0 Å². The topological polar surface area (TPSA) is 44.7 Å². The molecule has 1 aliphatic rings. The van der Waals surface area contributed by atoms with Crippen LogP contribution >= 0.6 is 15.9 Å². The molecule has 1 heterocycles. The highest BCUT2D eigenvalue weighted by Crippen LogP contribution is 2.37. The van der Waals surface area contributed by atoms with Crippen molar-refractivity contribution in [1.82, 2.24) is 10.2 Å². The molecule has 1 aliphatic heterocycles. The van der Waals surface area contributed by atoms with Gasteiger partial charge in [-0.2, -0.15) is 0 Å². The summed E-state index contributed by atoms with van der Waals surface area (Å²) in [5.74, 6) is -0.201. The fourth-order valence-corrected chi connectivity index (χ4v) is 2.57. The largest absolute Gasteiger partial charge is 0.504 e. The highest BCUT2D eigenvalue weighted by atomic mass is 79.9. The third kappa shape index (κ3) is 2.76. The number of hydrogen-bond donors (Lipinski definition) is 2. The van der Waals surface area contributed by atoms with Crippen molar-refractivity contribution >= 4 is 15.9 Å². The molecule has 1 aromatic carbocycles. The van der Waals surface area contributed by atoms with Gasteiger partial charge in [-0.05, 0) is 15.9 Å². The van der Waals surface area contributed by atoms with Gasteiger partial charge in [0.2, 0.25) is 0 Å². The summed E-state index contributed by atoms with van der Waals surface area (Å²) in [5.41, 5.74) is 0.395. The van der Waals surface area contributed by atoms with E-state index in [1.807, 2.05) is 0 Å². The molecule has 0 aliphatic carbocycles. The Kier molecular flexibility index (Phi) is 4.42. The fraction of sp³-hybridized carbons (Fsp3) is 0.500. The van der Waals surface area contributed by atoms with Crippen LogP contribution in [0.15, 0.2) is 10.5 Å². The Balaban J connectivity index is 2.29. The molecule has 0 spiro atoms. The van der Waals surface area contributed by atoms with E-state index in [2.05, 4.69) is 26.1 Å². The van der Waals surface area contributed by atoms with Gasteiger partial charge in [-0.3, -0.25) is 4.90 Å². The molecular formula is C12H16BrFN2O2. The van der Waals surface area contributed by atoms with E-state index in [1.165, 1.54) is 13.2 Å². The second-order valence-electron chi connectivity index (χ2n) is 4.23. The van der Waals surface area contributed by atoms with Gasteiger partial charge in [0.05, 0.1) is 11.6 Å². The average Bonchev–Trinajstić information content (AvgIpc) is 2.37. The highest BCUT2D eigenvalue weighted by Gasteiger charge is 2.21. The summed E-state index contributed by atoms with van der Waals surface area (Å²) in [6, 6.07) is 1.31. The van der Waals surface area contributed by atoms with Crippen molar-refractivity contribution in [3.05, 3.63) is 21.9 Å². The van der Waals surface area contributed by atoms with Gasteiger partial charge in [-0.1, -0.05) is 0 Å². The molecule has 18 heavy (non-hydrogen) atoms. The van der Waals surface area contributed by atoms with Crippen LogP contribution in [0.4, 0.5) is 4.39 Å². The van der Waals surface area contributed by atoms with Gasteiger partial charge in [0.25, 0.3) is 0 Å². The molecule has 1 aromatic rings. The molecule has 6 heteroatoms. The number of phenols is 1. The first kappa shape index (κ1) is 13.6. The zero-order valence-electron chi connectivity index (χ0n) is 10.2. The van der Waals surface area contributed by atoms with Crippen LogP contribution in [-0.2, 0) is 6.54 Å². The first-order valence-corrected chi connectivity index (χ1v) is 6.59. The molecule has 0 saturated carbocycles. The SMILES string of the molecule is COc1c(O)cc(Br)c(F)c1CN1CCNCC1. The summed E-state index contributed by atoms with van der Waals surface area (Å²) >= 11 is 3.10. The number of halogens is 2. The third-order valence-corrected chi connectivity index (χ3v) is 3.62. The minimum Gasteiger partial charge on any atom is -0.504 e. The Labute approximate surface area is 114 Å². The minimum atomic E-state index is -0.372. The second-order valence-corrected chi connectivity index (χ2v) is 5.08. The van der Waals surface area contributed by atoms with E-state index in [0.717, 1.165) is 26.2 Å². The van der Waals surface area contributed by atoms with E-state index in [4.69, 9.17) is 4.74 Å². The zero-order valence-corrected chi connectivity index (χ0v) is 11.8. The van der Waals surface area contributed by atoms with Crippen molar-refractivity contribution in [3.63, 3.8) is 0 Å². The fourth-order valence-electron chi connectivity index (χ4n) is 2.11. The monoisotopic (exact) mass is 318 g/mol. The molecule has 0 amide bonds. The Hall–Kier alpha value is -0.850. The van der Waals surface area contributed by atoms with Crippen LogP contribution in [0.5, 0.6) is 11.5 Å². The maximum Gasteiger partial charge on any atom is 0.167 e. The standard InChI is InChI=1S/C12H16BrFN2O2/c1-18-12-8(7-16-4-2-15-3-5-16)11(14)9(13)6-10(12)17/h6,15,17H,2-5,7H2,1H3. The minimum absolute atomic E-state index is 0.0455. The van der Waals surface area contributed by atoms with Crippen molar-refractivity contribution in [1.29, 1.82) is 0 Å². The molecule has 4 nitrogen and oxygen atoms in total. The van der Waals surface area contributed by atoms with Crippen molar-refractivity contribution in [3.8, 4) is 11.5 Å². The van der Waals surface area contributed by atoms with Gasteiger partial charge in [0.1, 0.15) is 5.82 Å². The quantitative estimate of drug-likeness (QED) is 0.890. The molecule has 1 saturated heterocycles. The number of hydrogen-bond acceptors (Lipinski definition) is 4. The number of piperazine rings is 1. The van der Waals surface area contributed by atoms with Crippen LogP contribution in [0.25, 0.3) is 0 Å². The number of ether oxygens (including phenoxy) is 1. The van der Waals surface area contributed by atoms with Crippen molar-refractivity contribution in [2.45, 2.75) is 6.54 Å². The van der Waals surface area contributed by atoms with Crippen LogP contribution in [-0.4, -0.2) is 43.3 Å². The number of aromatic hydroxyl groups is 1. The van der Waals surface area contributed by atoms with Gasteiger partial charge >= 0.3 is 0 Å². The lowest BCUT2D eigenvalue weighted by atomic mass is 10.1. The van der Waals surface area contributed by atoms with E-state index in [1.54, 1.807) is 0 Å². The number of benzene rings is 1. The molecule has 0 unspecified atom stereocenters. The second kappa shape index (κ2) is 5.86. The summed E-state index contributed by atoms with van der Waals surface area (Å²) in [7, 11) is 1.43. The van der Waals surface area contributed by atoms with E-state index in [-0.39, 0.29) is 21.8 Å². The summed E-state index contributed by atoms with van der Waals surface area (Å²) in [5, 5.41) is 13.0. The van der Waals surface area contributed by atoms with Gasteiger partial charge in [0, 0.05) is 44.4 Å². The Morgan fingerprint density at radius 3 is 2.78 bits per heavy atom. The maximum absolute atomic E-state index is 14.1. The van der Waals surface area contributed by atoms with E-state index < -0.39 is 0 Å². The van der Waals surface area contributed by atoms with Gasteiger partial charge in [-0.15, -0.1) is 0 Å². The normalized spacial score (nSPS) is 16.8. The van der Waals surface area contributed by atoms with Gasteiger partial charge < -0.3 is 15.2 Å². The Morgan fingerprint density at radius 2 is 2.17 bits per heavy atom. The van der Waals surface area contributed by atoms with E-state index >= 15 is 0 Å². The van der Waals surface area contributed by atoms with Crippen molar-refractivity contribution in [2.75, 3.05) is 33.3 Å². The first-order valence-electron chi connectivity index (χ1n) is 5.80. The predicted octanol–water partition coefficient (Wildman–Crippen LogP) is 1.71. The van der Waals surface area contributed by atoms with Crippen molar-refractivity contribution < 1.29 is 14.2 Å². The van der Waals surface area contributed by atoms with E-state index in [9.17, 15) is 9.50 Å². The highest BCUT2D eigenvalue weighted by molar-refractivity contribution is 9.10. The number of rotatable bonds is 3. The Bertz CT molecular complexity index is 437. The molecule has 0 aromatic heterocycles. The molecule has 0 radical (unpaired) electrons. The van der Waals surface area contributed by atoms with Crippen LogP contribution < -0.4 is 10.1 Å². The van der Waals surface area contributed by atoms with Gasteiger partial charge in [-0.25, -0.2) is 4.39 Å². The summed E-state index contributed by atoms with van der Waals surface area (Å²) < 4.78 is 19.5. The lowest BCUT2D eigenvalue weighted by molar-refractivity contribution is 0.225. The third-order valence-electron chi connectivity index (χ3n) is 3.04. The molecule has 2 rings (SSSR count). The summed E-state index contributed by atoms with van der Waals surface area (Å²) in [4.78, 5) is 2.13. The molecule has 2 N–H and O–H groups in total. The molecular weight excluding hydrogens is 303 g/mol. The van der Waals surface area contributed by atoms with Crippen LogP contribution in [0.1, 0.15) is 5.56 Å². The lowest BCUT2D eigenvalue weighted by Crippen LogP contribution is -2.43. The molecule has 0 bridgehead atoms. The number of phenolic OH excluding ortho intramolecular Hbond substituents is 1.